The summed E-state index contributed by atoms with van der Waals surface area (Å²) in [5.74, 6) is 0.990. The van der Waals surface area contributed by atoms with Gasteiger partial charge in [-0.3, -0.25) is 0 Å². The number of hydrogen-bond acceptors (Lipinski definition) is 3. The number of thiophene rings is 1. The molecule has 5 rings (SSSR count). The van der Waals surface area contributed by atoms with Gasteiger partial charge in [0.25, 0.3) is 0 Å². The molecule has 2 heterocycles. The van der Waals surface area contributed by atoms with Crippen molar-refractivity contribution in [1.29, 1.82) is 5.41 Å². The van der Waals surface area contributed by atoms with Crippen molar-refractivity contribution >= 4 is 28.6 Å². The zero-order chi connectivity index (χ0) is 20.7. The van der Waals surface area contributed by atoms with Crippen molar-refractivity contribution in [2.24, 2.45) is 7.05 Å². The molecule has 0 radical (unpaired) electrons. The van der Waals surface area contributed by atoms with Crippen LogP contribution in [-0.4, -0.2) is 15.8 Å². The fourth-order valence-corrected chi connectivity index (χ4v) is 4.74. The Morgan fingerprint density at radius 2 is 1.47 bits per heavy atom. The molecular weight excluding hydrogens is 386 g/mol. The fraction of sp³-hybridized carbons (Fsp3) is 0.0769. The molecule has 1 N–H and O–H groups in total. The Kier molecular flexibility index (Phi) is 4.57. The van der Waals surface area contributed by atoms with E-state index in [9.17, 15) is 0 Å². The van der Waals surface area contributed by atoms with Gasteiger partial charge in [0, 0.05) is 18.1 Å². The first-order valence-electron chi connectivity index (χ1n) is 9.87. The average Bonchev–Trinajstić information content (AvgIpc) is 3.39. The van der Waals surface area contributed by atoms with E-state index >= 15 is 0 Å². The minimum Gasteiger partial charge on any atom is -0.326 e. The summed E-state index contributed by atoms with van der Waals surface area (Å²) in [6, 6.07) is 27.5. The van der Waals surface area contributed by atoms with Crippen LogP contribution in [0.15, 0.2) is 78.9 Å². The number of nitrogens with zero attached hydrogens (tertiary/aromatic N) is 2. The lowest BCUT2D eigenvalue weighted by atomic mass is 10.0. The van der Waals surface area contributed by atoms with Gasteiger partial charge in [0.05, 0.1) is 15.9 Å². The van der Waals surface area contributed by atoms with Crippen LogP contribution in [0.5, 0.6) is 0 Å². The minimum absolute atomic E-state index is 0.905. The molecule has 0 atom stereocenters. The largest absolute Gasteiger partial charge is 0.326 e. The third-order valence-electron chi connectivity index (χ3n) is 5.45. The summed E-state index contributed by atoms with van der Waals surface area (Å²) in [7, 11) is 2.08. The molecule has 0 aliphatic carbocycles. The standard InChI is InChI=1S/C26H21N3S/c1-17-3-7-20(8-4-17)24-13-14-25(30-24)26-28-22-15-21(11-12-23(22)29(26)2)19-9-5-18(16-27)6-10-19/h3-16,27H,1-2H3. The Hall–Kier alpha value is -3.50. The van der Waals surface area contributed by atoms with Gasteiger partial charge >= 0.3 is 0 Å². The summed E-state index contributed by atoms with van der Waals surface area (Å²) >= 11 is 1.77. The van der Waals surface area contributed by atoms with Gasteiger partial charge in [0.1, 0.15) is 0 Å². The highest BCUT2D eigenvalue weighted by molar-refractivity contribution is 7.18. The number of aromatic nitrogens is 2. The summed E-state index contributed by atoms with van der Waals surface area (Å²) in [5, 5.41) is 7.36. The number of benzene rings is 3. The van der Waals surface area contributed by atoms with E-state index < -0.39 is 0 Å². The minimum atomic E-state index is 0.905. The summed E-state index contributed by atoms with van der Waals surface area (Å²) in [4.78, 5) is 7.38. The molecule has 0 fully saturated rings. The second-order valence-electron chi connectivity index (χ2n) is 7.49. The van der Waals surface area contributed by atoms with E-state index in [0.717, 1.165) is 33.5 Å². The van der Waals surface area contributed by atoms with Crippen molar-refractivity contribution in [3.63, 3.8) is 0 Å². The molecule has 0 saturated heterocycles. The topological polar surface area (TPSA) is 41.7 Å². The molecule has 5 aromatic rings. The molecule has 3 aromatic carbocycles. The van der Waals surface area contributed by atoms with Crippen LogP contribution in [0.3, 0.4) is 0 Å². The molecule has 30 heavy (non-hydrogen) atoms. The maximum atomic E-state index is 7.36. The van der Waals surface area contributed by atoms with Gasteiger partial charge in [-0.1, -0.05) is 60.2 Å². The molecule has 146 valence electrons. The first kappa shape index (κ1) is 18.5. The molecule has 4 heteroatoms. The molecule has 2 aromatic heterocycles. The molecule has 0 spiro atoms. The van der Waals surface area contributed by atoms with E-state index in [2.05, 4.69) is 85.3 Å². The van der Waals surface area contributed by atoms with E-state index in [0.29, 0.717) is 0 Å². The van der Waals surface area contributed by atoms with Gasteiger partial charge in [-0.25, -0.2) is 4.98 Å². The first-order valence-corrected chi connectivity index (χ1v) is 10.7. The number of imidazole rings is 1. The van der Waals surface area contributed by atoms with Crippen molar-refractivity contribution in [3.05, 3.63) is 90.0 Å². The van der Waals surface area contributed by atoms with Crippen LogP contribution in [0.4, 0.5) is 0 Å². The summed E-state index contributed by atoms with van der Waals surface area (Å²) in [6.07, 6.45) is 1.36. The van der Waals surface area contributed by atoms with Crippen molar-refractivity contribution < 1.29 is 0 Å². The molecule has 0 bridgehead atoms. The van der Waals surface area contributed by atoms with E-state index in [1.807, 2.05) is 12.1 Å². The second kappa shape index (κ2) is 7.39. The van der Waals surface area contributed by atoms with E-state index in [4.69, 9.17) is 10.4 Å². The third-order valence-corrected chi connectivity index (χ3v) is 6.58. The van der Waals surface area contributed by atoms with Gasteiger partial charge < -0.3 is 9.98 Å². The highest BCUT2D eigenvalue weighted by Crippen LogP contribution is 2.36. The maximum Gasteiger partial charge on any atom is 0.150 e. The third kappa shape index (κ3) is 3.25. The maximum absolute atomic E-state index is 7.36. The normalized spacial score (nSPS) is 11.1. The second-order valence-corrected chi connectivity index (χ2v) is 8.58. The van der Waals surface area contributed by atoms with Gasteiger partial charge in [0.2, 0.25) is 0 Å². The quantitative estimate of drug-likeness (QED) is 0.322. The van der Waals surface area contributed by atoms with Crippen molar-refractivity contribution in [3.8, 4) is 32.3 Å². The number of fused-ring (bicyclic) bond motifs is 1. The molecule has 0 aliphatic rings. The number of rotatable bonds is 4. The summed E-state index contributed by atoms with van der Waals surface area (Å²) in [6.45, 7) is 2.11. The Morgan fingerprint density at radius 3 is 2.20 bits per heavy atom. The molecular formula is C26H21N3S. The Morgan fingerprint density at radius 1 is 0.800 bits per heavy atom. The van der Waals surface area contributed by atoms with Crippen LogP contribution in [-0.2, 0) is 7.05 Å². The number of aryl methyl sites for hydroxylation is 2. The Balaban J connectivity index is 1.53. The van der Waals surface area contributed by atoms with E-state index in [1.165, 1.54) is 27.1 Å². The summed E-state index contributed by atoms with van der Waals surface area (Å²) < 4.78 is 2.17. The number of hydrogen-bond donors (Lipinski definition) is 1. The number of nitrogens with one attached hydrogen (secondary N) is 1. The van der Waals surface area contributed by atoms with Crippen LogP contribution < -0.4 is 0 Å². The smallest absolute Gasteiger partial charge is 0.150 e. The lowest BCUT2D eigenvalue weighted by Gasteiger charge is -2.03. The van der Waals surface area contributed by atoms with Gasteiger partial charge in [-0.15, -0.1) is 11.3 Å². The van der Waals surface area contributed by atoms with Crippen LogP contribution >= 0.6 is 11.3 Å². The monoisotopic (exact) mass is 407 g/mol. The lowest BCUT2D eigenvalue weighted by molar-refractivity contribution is 0.963. The van der Waals surface area contributed by atoms with Gasteiger partial charge in [-0.05, 0) is 53.4 Å². The Labute approximate surface area is 179 Å². The van der Waals surface area contributed by atoms with Gasteiger partial charge in [0.15, 0.2) is 5.82 Å². The molecule has 0 saturated carbocycles. The van der Waals surface area contributed by atoms with Crippen molar-refractivity contribution in [2.75, 3.05) is 0 Å². The van der Waals surface area contributed by atoms with Crippen LogP contribution in [0.25, 0.3) is 43.3 Å². The highest BCUT2D eigenvalue weighted by Gasteiger charge is 2.13. The molecule has 0 unspecified atom stereocenters. The molecule has 0 aliphatic heterocycles. The predicted molar refractivity (Wildman–Crippen MR) is 128 cm³/mol. The predicted octanol–water partition coefficient (Wildman–Crippen LogP) is 6.94. The fourth-order valence-electron chi connectivity index (χ4n) is 3.70. The van der Waals surface area contributed by atoms with E-state index in [-0.39, 0.29) is 0 Å². The van der Waals surface area contributed by atoms with E-state index in [1.54, 1.807) is 11.3 Å². The zero-order valence-electron chi connectivity index (χ0n) is 16.9. The van der Waals surface area contributed by atoms with Crippen LogP contribution in [0.1, 0.15) is 11.1 Å². The highest BCUT2D eigenvalue weighted by atomic mass is 32.1. The molecule has 3 nitrogen and oxygen atoms in total. The van der Waals surface area contributed by atoms with Crippen molar-refractivity contribution in [1.82, 2.24) is 9.55 Å². The average molecular weight is 408 g/mol. The van der Waals surface area contributed by atoms with Crippen LogP contribution in [0.2, 0.25) is 0 Å². The SMILES string of the molecule is Cc1ccc(-c2ccc(-c3nc4cc(-c5ccc(C=N)cc5)ccc4n3C)s2)cc1. The van der Waals surface area contributed by atoms with Crippen molar-refractivity contribution in [2.45, 2.75) is 6.92 Å². The Bertz CT molecular complexity index is 1360. The lowest BCUT2D eigenvalue weighted by Crippen LogP contribution is -1.90. The summed E-state index contributed by atoms with van der Waals surface area (Å²) in [5.41, 5.74) is 7.80. The van der Waals surface area contributed by atoms with Crippen LogP contribution in [0, 0.1) is 12.3 Å². The van der Waals surface area contributed by atoms with Gasteiger partial charge in [-0.2, -0.15) is 0 Å². The first-order chi connectivity index (χ1) is 14.6. The molecule has 0 amide bonds. The zero-order valence-corrected chi connectivity index (χ0v) is 17.7.